The van der Waals surface area contributed by atoms with Gasteiger partial charge >= 0.3 is 0 Å². The van der Waals surface area contributed by atoms with Crippen molar-refractivity contribution in [3.8, 4) is 0 Å². The van der Waals surface area contributed by atoms with Crippen LogP contribution in [0.1, 0.15) is 57.7 Å². The molecule has 6 nitrogen and oxygen atoms in total. The number of hydrogen-bond donors (Lipinski definition) is 2. The quantitative estimate of drug-likeness (QED) is 0.710. The second kappa shape index (κ2) is 8.20. The average molecular weight is 465 g/mol. The molecule has 0 aliphatic carbocycles. The maximum atomic E-state index is 13.5. The first-order valence-corrected chi connectivity index (χ1v) is 12.2. The van der Waals surface area contributed by atoms with Crippen molar-refractivity contribution in [1.29, 1.82) is 0 Å². The van der Waals surface area contributed by atoms with E-state index in [2.05, 4.69) is 73.9 Å². The van der Waals surface area contributed by atoms with E-state index >= 15 is 0 Å². The molecule has 33 heavy (non-hydrogen) atoms. The van der Waals surface area contributed by atoms with E-state index in [1.165, 1.54) is 22.9 Å². The number of carbonyl (C=O) groups excluding carboxylic acids is 2. The zero-order valence-electron chi connectivity index (χ0n) is 20.2. The lowest BCUT2D eigenvalue weighted by Gasteiger charge is -2.51. The fourth-order valence-corrected chi connectivity index (χ4v) is 5.60. The van der Waals surface area contributed by atoms with Crippen molar-refractivity contribution in [2.45, 2.75) is 64.5 Å². The van der Waals surface area contributed by atoms with Gasteiger partial charge in [0.2, 0.25) is 5.91 Å². The molecule has 2 heterocycles. The van der Waals surface area contributed by atoms with E-state index in [-0.39, 0.29) is 23.0 Å². The number of fused-ring (bicyclic) bond motifs is 1. The van der Waals surface area contributed by atoms with Crippen LogP contribution in [0.5, 0.6) is 0 Å². The van der Waals surface area contributed by atoms with Gasteiger partial charge in [-0.15, -0.1) is 0 Å². The van der Waals surface area contributed by atoms with Crippen LogP contribution in [0, 0.1) is 6.92 Å². The van der Waals surface area contributed by atoms with Gasteiger partial charge in [0.25, 0.3) is 5.91 Å². The van der Waals surface area contributed by atoms with Crippen molar-refractivity contribution in [1.82, 2.24) is 10.7 Å². The maximum Gasteiger partial charge on any atom is 0.252 e. The van der Waals surface area contributed by atoms with Crippen molar-refractivity contribution < 1.29 is 9.59 Å². The van der Waals surface area contributed by atoms with Gasteiger partial charge < -0.3 is 10.2 Å². The molecule has 174 valence electrons. The minimum Gasteiger partial charge on any atom is -0.306 e. The lowest BCUT2D eigenvalue weighted by Crippen LogP contribution is -2.57. The average Bonchev–Trinajstić information content (AvgIpc) is 2.74. The van der Waals surface area contributed by atoms with Crippen LogP contribution in [0.2, 0.25) is 0 Å². The van der Waals surface area contributed by atoms with Gasteiger partial charge in [-0.3, -0.25) is 15.0 Å². The maximum absolute atomic E-state index is 13.5. The molecule has 1 atom stereocenters. The Morgan fingerprint density at radius 2 is 1.73 bits per heavy atom. The summed E-state index contributed by atoms with van der Waals surface area (Å²) in [5, 5.41) is 7.43. The number of amidine groups is 1. The van der Waals surface area contributed by atoms with Crippen LogP contribution in [0.25, 0.3) is 0 Å². The third-order valence-corrected chi connectivity index (χ3v) is 7.48. The molecule has 2 aromatic carbocycles. The second-order valence-corrected chi connectivity index (χ2v) is 11.3. The summed E-state index contributed by atoms with van der Waals surface area (Å²) in [6.07, 6.45) is 0.796. The number of rotatable bonds is 3. The molecule has 2 aliphatic rings. The van der Waals surface area contributed by atoms with Crippen LogP contribution < -0.4 is 15.6 Å². The molecular weight excluding hydrogens is 432 g/mol. The van der Waals surface area contributed by atoms with Crippen molar-refractivity contribution in [3.63, 3.8) is 0 Å². The van der Waals surface area contributed by atoms with Crippen molar-refractivity contribution in [2.75, 3.05) is 10.7 Å². The molecule has 0 saturated carbocycles. The highest BCUT2D eigenvalue weighted by molar-refractivity contribution is 8.14. The first kappa shape index (κ1) is 23.4. The van der Waals surface area contributed by atoms with E-state index in [0.717, 1.165) is 17.7 Å². The molecule has 0 spiro atoms. The summed E-state index contributed by atoms with van der Waals surface area (Å²) in [6.45, 7) is 12.1. The Bertz CT molecular complexity index is 1120. The lowest BCUT2D eigenvalue weighted by atomic mass is 9.65. The van der Waals surface area contributed by atoms with Gasteiger partial charge in [0.1, 0.15) is 5.54 Å². The normalized spacial score (nSPS) is 23.2. The van der Waals surface area contributed by atoms with Gasteiger partial charge in [0.15, 0.2) is 5.17 Å². The Labute approximate surface area is 200 Å². The smallest absolute Gasteiger partial charge is 0.252 e. The van der Waals surface area contributed by atoms with E-state index < -0.39 is 11.1 Å². The molecule has 0 fully saturated rings. The second-order valence-electron chi connectivity index (χ2n) is 10.3. The molecule has 0 saturated heterocycles. The fraction of sp³-hybridized carbons (Fsp3) is 0.423. The third kappa shape index (κ3) is 4.26. The van der Waals surface area contributed by atoms with Crippen LogP contribution >= 0.6 is 11.8 Å². The summed E-state index contributed by atoms with van der Waals surface area (Å²) in [4.78, 5) is 27.7. The predicted octanol–water partition coefficient (Wildman–Crippen LogP) is 4.32. The Hall–Kier alpha value is -2.80. The number of hydrogen-bond acceptors (Lipinski definition) is 5. The van der Waals surface area contributed by atoms with Gasteiger partial charge in [0, 0.05) is 16.6 Å². The Morgan fingerprint density at radius 1 is 1.06 bits per heavy atom. The Kier molecular flexibility index (Phi) is 5.81. The number of amides is 2. The predicted molar refractivity (Wildman–Crippen MR) is 136 cm³/mol. The van der Waals surface area contributed by atoms with E-state index in [0.29, 0.717) is 5.17 Å². The molecular formula is C26H32N4O2S. The highest BCUT2D eigenvalue weighted by Crippen LogP contribution is 2.50. The fourth-order valence-electron chi connectivity index (χ4n) is 4.94. The SMILES string of the molecule is Cc1ccc(C2(C)CC(C)(C)N(C(=O)CSC3=NNC(C)(C)C(=O)N3)c3ccccc32)cc1. The number of benzene rings is 2. The van der Waals surface area contributed by atoms with Crippen LogP contribution in [0.4, 0.5) is 5.69 Å². The number of aryl methyl sites for hydroxylation is 1. The van der Waals surface area contributed by atoms with Crippen molar-refractivity contribution in [2.24, 2.45) is 5.10 Å². The van der Waals surface area contributed by atoms with E-state index in [1.54, 1.807) is 13.8 Å². The molecule has 1 unspecified atom stereocenters. The largest absolute Gasteiger partial charge is 0.306 e. The Balaban J connectivity index is 1.63. The number of para-hydroxylation sites is 1. The standard InChI is InChI=1S/C26H32N4O2S/c1-17-11-13-18(14-12-17)26(6)16-24(2,3)30(20-10-8-7-9-19(20)26)21(31)15-33-23-27-22(32)25(4,5)29-28-23/h7-14,29H,15-16H2,1-6H3,(H,27,28,32). The number of hydrazone groups is 1. The highest BCUT2D eigenvalue weighted by Gasteiger charge is 2.47. The summed E-state index contributed by atoms with van der Waals surface area (Å²) in [6, 6.07) is 16.9. The first-order chi connectivity index (χ1) is 15.4. The van der Waals surface area contributed by atoms with Crippen molar-refractivity contribution in [3.05, 3.63) is 65.2 Å². The molecule has 2 amide bonds. The van der Waals surface area contributed by atoms with E-state index in [9.17, 15) is 9.59 Å². The molecule has 4 rings (SSSR count). The summed E-state index contributed by atoms with van der Waals surface area (Å²) < 4.78 is 0. The van der Waals surface area contributed by atoms with E-state index in [1.807, 2.05) is 23.1 Å². The van der Waals surface area contributed by atoms with Gasteiger partial charge in [-0.1, -0.05) is 66.7 Å². The summed E-state index contributed by atoms with van der Waals surface area (Å²) in [5.41, 5.74) is 6.06. The van der Waals surface area contributed by atoms with Crippen LogP contribution in [-0.4, -0.2) is 33.8 Å². The molecule has 2 aromatic rings. The van der Waals surface area contributed by atoms with Crippen LogP contribution in [-0.2, 0) is 15.0 Å². The third-order valence-electron chi connectivity index (χ3n) is 6.63. The molecule has 0 bridgehead atoms. The zero-order chi connectivity index (χ0) is 24.0. The number of thioether (sulfide) groups is 1. The van der Waals surface area contributed by atoms with Gasteiger partial charge in [-0.2, -0.15) is 5.10 Å². The molecule has 7 heteroatoms. The first-order valence-electron chi connectivity index (χ1n) is 11.2. The minimum absolute atomic E-state index is 0.00908. The van der Waals surface area contributed by atoms with E-state index in [4.69, 9.17) is 0 Å². The summed E-state index contributed by atoms with van der Waals surface area (Å²) in [7, 11) is 0. The van der Waals surface area contributed by atoms with Gasteiger partial charge in [-0.25, -0.2) is 0 Å². The summed E-state index contributed by atoms with van der Waals surface area (Å²) in [5.74, 6) is 0.00963. The molecule has 2 N–H and O–H groups in total. The highest BCUT2D eigenvalue weighted by atomic mass is 32.2. The molecule has 0 aromatic heterocycles. The minimum atomic E-state index is -0.762. The number of carbonyl (C=O) groups is 2. The van der Waals surface area contributed by atoms with Gasteiger partial charge in [-0.05, 0) is 58.2 Å². The van der Waals surface area contributed by atoms with Crippen LogP contribution in [0.3, 0.4) is 0 Å². The van der Waals surface area contributed by atoms with Gasteiger partial charge in [0.05, 0.1) is 5.75 Å². The molecule has 0 radical (unpaired) electrons. The summed E-state index contributed by atoms with van der Waals surface area (Å²) >= 11 is 1.24. The zero-order valence-corrected chi connectivity index (χ0v) is 21.0. The number of nitrogens with one attached hydrogen (secondary N) is 2. The molecule has 2 aliphatic heterocycles. The van der Waals surface area contributed by atoms with Crippen molar-refractivity contribution >= 4 is 34.4 Å². The van der Waals surface area contributed by atoms with Crippen LogP contribution in [0.15, 0.2) is 53.6 Å². The lowest BCUT2D eigenvalue weighted by molar-refractivity contribution is -0.125. The number of anilines is 1. The topological polar surface area (TPSA) is 73.8 Å². The number of nitrogens with zero attached hydrogens (tertiary/aromatic N) is 2. The monoisotopic (exact) mass is 464 g/mol. The Morgan fingerprint density at radius 3 is 2.39 bits per heavy atom.